The van der Waals surface area contributed by atoms with Gasteiger partial charge in [0.2, 0.25) is 0 Å². The van der Waals surface area contributed by atoms with Crippen LogP contribution in [-0.2, 0) is 6.54 Å². The van der Waals surface area contributed by atoms with Gasteiger partial charge in [0.25, 0.3) is 0 Å². The van der Waals surface area contributed by atoms with Crippen LogP contribution >= 0.6 is 11.3 Å². The van der Waals surface area contributed by atoms with E-state index in [2.05, 4.69) is 4.98 Å². The van der Waals surface area contributed by atoms with Crippen molar-refractivity contribution in [3.8, 4) is 0 Å². The van der Waals surface area contributed by atoms with E-state index in [9.17, 15) is 9.18 Å². The number of rotatable bonds is 4. The third-order valence-corrected chi connectivity index (χ3v) is 3.44. The Kier molecular flexibility index (Phi) is 3.57. The number of carbonyl (C=O) groups is 1. The van der Waals surface area contributed by atoms with Gasteiger partial charge < -0.3 is 10.0 Å². The van der Waals surface area contributed by atoms with Gasteiger partial charge in [-0.3, -0.25) is 0 Å². The van der Waals surface area contributed by atoms with Crippen molar-refractivity contribution in [3.05, 3.63) is 46.7 Å². The van der Waals surface area contributed by atoms with Crippen LogP contribution in [0.4, 0.5) is 9.52 Å². The first-order valence-electron chi connectivity index (χ1n) is 5.21. The average molecular weight is 266 g/mol. The van der Waals surface area contributed by atoms with E-state index in [0.29, 0.717) is 11.7 Å². The van der Waals surface area contributed by atoms with Gasteiger partial charge >= 0.3 is 5.97 Å². The Bertz CT molecular complexity index is 571. The number of carboxylic acids is 1. The molecule has 0 spiro atoms. The maximum absolute atomic E-state index is 13.0. The van der Waals surface area contributed by atoms with E-state index in [4.69, 9.17) is 5.11 Å². The third-order valence-electron chi connectivity index (χ3n) is 2.34. The Hall–Kier alpha value is -1.95. The number of halogens is 1. The molecule has 0 fully saturated rings. The predicted molar refractivity (Wildman–Crippen MR) is 67.6 cm³/mol. The minimum absolute atomic E-state index is 0.191. The minimum atomic E-state index is -0.988. The lowest BCUT2D eigenvalue weighted by Crippen LogP contribution is -2.15. The summed E-state index contributed by atoms with van der Waals surface area (Å²) in [6.07, 6.45) is 1.32. The molecule has 0 aliphatic rings. The zero-order valence-corrected chi connectivity index (χ0v) is 10.4. The van der Waals surface area contributed by atoms with E-state index >= 15 is 0 Å². The van der Waals surface area contributed by atoms with E-state index in [1.54, 1.807) is 18.0 Å². The summed E-state index contributed by atoms with van der Waals surface area (Å²) >= 11 is 1.09. The highest BCUT2D eigenvalue weighted by molar-refractivity contribution is 7.17. The monoisotopic (exact) mass is 266 g/mol. The Morgan fingerprint density at radius 1 is 1.56 bits per heavy atom. The molecule has 6 heteroatoms. The van der Waals surface area contributed by atoms with Crippen molar-refractivity contribution in [1.29, 1.82) is 0 Å². The molecule has 0 radical (unpaired) electrons. The maximum atomic E-state index is 13.0. The fourth-order valence-electron chi connectivity index (χ4n) is 1.52. The van der Waals surface area contributed by atoms with Gasteiger partial charge in [-0.25, -0.2) is 14.2 Å². The zero-order chi connectivity index (χ0) is 13.1. The Morgan fingerprint density at radius 2 is 2.33 bits per heavy atom. The standard InChI is InChI=1S/C12H11FN2O2S/c1-15(7-8-3-2-4-9(13)5-8)12-14-6-10(18-12)11(16)17/h2-6H,7H2,1H3,(H,16,17). The van der Waals surface area contributed by atoms with Crippen LogP contribution in [0.1, 0.15) is 15.2 Å². The minimum Gasteiger partial charge on any atom is -0.477 e. The summed E-state index contributed by atoms with van der Waals surface area (Å²) in [6.45, 7) is 0.477. The van der Waals surface area contributed by atoms with Gasteiger partial charge in [-0.1, -0.05) is 23.5 Å². The number of aromatic carboxylic acids is 1. The molecule has 2 aromatic rings. The summed E-state index contributed by atoms with van der Waals surface area (Å²) in [7, 11) is 1.79. The lowest BCUT2D eigenvalue weighted by Gasteiger charge is -2.15. The second-order valence-corrected chi connectivity index (χ2v) is 4.81. The van der Waals surface area contributed by atoms with Gasteiger partial charge in [0.1, 0.15) is 10.7 Å². The summed E-state index contributed by atoms with van der Waals surface area (Å²) in [5.74, 6) is -1.27. The first kappa shape index (κ1) is 12.5. The molecule has 0 aliphatic carbocycles. The molecule has 0 aliphatic heterocycles. The Morgan fingerprint density at radius 3 is 2.94 bits per heavy atom. The summed E-state index contributed by atoms with van der Waals surface area (Å²) in [5, 5.41) is 9.40. The van der Waals surface area contributed by atoms with Crippen molar-refractivity contribution in [2.24, 2.45) is 0 Å². The van der Waals surface area contributed by atoms with Crippen molar-refractivity contribution in [2.45, 2.75) is 6.54 Å². The van der Waals surface area contributed by atoms with E-state index in [-0.39, 0.29) is 10.7 Å². The van der Waals surface area contributed by atoms with Crippen LogP contribution in [0.15, 0.2) is 30.5 Å². The fourth-order valence-corrected chi connectivity index (χ4v) is 2.23. The normalized spacial score (nSPS) is 10.3. The molecule has 4 nitrogen and oxygen atoms in total. The number of nitrogens with zero attached hydrogens (tertiary/aromatic N) is 2. The molecule has 94 valence electrons. The molecule has 0 saturated heterocycles. The summed E-state index contributed by atoms with van der Waals surface area (Å²) < 4.78 is 13.0. The first-order chi connectivity index (χ1) is 8.56. The molecule has 0 amide bonds. The van der Waals surface area contributed by atoms with Gasteiger partial charge in [0.05, 0.1) is 6.20 Å². The molecular weight excluding hydrogens is 255 g/mol. The van der Waals surface area contributed by atoms with Crippen molar-refractivity contribution < 1.29 is 14.3 Å². The predicted octanol–water partition coefficient (Wildman–Crippen LogP) is 2.62. The molecule has 0 saturated carbocycles. The maximum Gasteiger partial charge on any atom is 0.347 e. The van der Waals surface area contributed by atoms with E-state index in [0.717, 1.165) is 16.9 Å². The van der Waals surface area contributed by atoms with Gasteiger partial charge in [0.15, 0.2) is 5.13 Å². The molecule has 0 bridgehead atoms. The lowest BCUT2D eigenvalue weighted by atomic mass is 10.2. The van der Waals surface area contributed by atoms with Crippen molar-refractivity contribution in [1.82, 2.24) is 4.98 Å². The van der Waals surface area contributed by atoms with Crippen LogP contribution in [0.3, 0.4) is 0 Å². The number of hydrogen-bond acceptors (Lipinski definition) is 4. The number of hydrogen-bond donors (Lipinski definition) is 1. The number of aromatic nitrogens is 1. The molecule has 1 aromatic carbocycles. The molecule has 0 unspecified atom stereocenters. The van der Waals surface area contributed by atoms with Gasteiger partial charge in [0, 0.05) is 13.6 Å². The summed E-state index contributed by atoms with van der Waals surface area (Å²) in [4.78, 5) is 16.7. The molecule has 1 aromatic heterocycles. The summed E-state index contributed by atoms with van der Waals surface area (Å²) in [6, 6.07) is 6.28. The highest BCUT2D eigenvalue weighted by atomic mass is 32.1. The number of benzene rings is 1. The largest absolute Gasteiger partial charge is 0.477 e. The molecule has 18 heavy (non-hydrogen) atoms. The quantitative estimate of drug-likeness (QED) is 0.924. The van der Waals surface area contributed by atoms with Crippen LogP contribution in [-0.4, -0.2) is 23.1 Å². The lowest BCUT2D eigenvalue weighted by molar-refractivity contribution is 0.0702. The van der Waals surface area contributed by atoms with E-state index < -0.39 is 5.97 Å². The topological polar surface area (TPSA) is 53.4 Å². The number of thiazole rings is 1. The van der Waals surface area contributed by atoms with Crippen molar-refractivity contribution in [2.75, 3.05) is 11.9 Å². The van der Waals surface area contributed by atoms with Crippen LogP contribution in [0.2, 0.25) is 0 Å². The molecule has 2 rings (SSSR count). The average Bonchev–Trinajstić information content (AvgIpc) is 2.78. The van der Waals surface area contributed by atoms with Crippen LogP contribution in [0, 0.1) is 5.82 Å². The van der Waals surface area contributed by atoms with Crippen LogP contribution in [0.25, 0.3) is 0 Å². The smallest absolute Gasteiger partial charge is 0.347 e. The molecule has 1 N–H and O–H groups in total. The zero-order valence-electron chi connectivity index (χ0n) is 9.63. The Balaban J connectivity index is 2.11. The fraction of sp³-hybridized carbons (Fsp3) is 0.167. The highest BCUT2D eigenvalue weighted by Crippen LogP contribution is 2.22. The van der Waals surface area contributed by atoms with E-state index in [1.165, 1.54) is 18.3 Å². The van der Waals surface area contributed by atoms with E-state index in [1.807, 2.05) is 6.07 Å². The molecule has 0 atom stereocenters. The van der Waals surface area contributed by atoms with Crippen molar-refractivity contribution in [3.63, 3.8) is 0 Å². The first-order valence-corrected chi connectivity index (χ1v) is 6.02. The summed E-state index contributed by atoms with van der Waals surface area (Å²) in [5.41, 5.74) is 0.810. The molecular formula is C12H11FN2O2S. The van der Waals surface area contributed by atoms with Crippen LogP contribution in [0.5, 0.6) is 0 Å². The van der Waals surface area contributed by atoms with Gasteiger partial charge in [-0.15, -0.1) is 0 Å². The van der Waals surface area contributed by atoms with Crippen molar-refractivity contribution >= 4 is 22.4 Å². The number of carboxylic acid groups (broad SMARTS) is 1. The highest BCUT2D eigenvalue weighted by Gasteiger charge is 2.12. The Labute approximate surface area is 107 Å². The second-order valence-electron chi connectivity index (χ2n) is 3.80. The second kappa shape index (κ2) is 5.14. The molecule has 1 heterocycles. The SMILES string of the molecule is CN(Cc1cccc(F)c1)c1ncc(C(=O)O)s1. The van der Waals surface area contributed by atoms with Crippen LogP contribution < -0.4 is 4.90 Å². The van der Waals surface area contributed by atoms with Gasteiger partial charge in [-0.2, -0.15) is 0 Å². The third kappa shape index (κ3) is 2.84. The van der Waals surface area contributed by atoms with Gasteiger partial charge in [-0.05, 0) is 17.7 Å². The number of anilines is 1.